The molecule has 1 saturated carbocycles. The normalized spacial score (nSPS) is 34.9. The van der Waals surface area contributed by atoms with Crippen molar-refractivity contribution in [3.8, 4) is 0 Å². The Kier molecular flexibility index (Phi) is 4.54. The monoisotopic (exact) mass is 272 g/mol. The van der Waals surface area contributed by atoms with Gasteiger partial charge in [-0.25, -0.2) is 0 Å². The summed E-state index contributed by atoms with van der Waals surface area (Å²) >= 11 is 4.27. The second kappa shape index (κ2) is 5.58. The maximum absolute atomic E-state index is 5.72. The van der Waals surface area contributed by atoms with E-state index in [4.69, 9.17) is 4.74 Å². The second-order valence-electron chi connectivity index (χ2n) is 5.68. The van der Waals surface area contributed by atoms with Crippen molar-refractivity contribution >= 4 is 23.5 Å². The molecule has 0 bridgehead atoms. The Bertz CT molecular complexity index is 282. The molecule has 0 spiro atoms. The summed E-state index contributed by atoms with van der Waals surface area (Å²) in [5.41, 5.74) is 1.68. The maximum atomic E-state index is 5.72. The number of hydrogen-bond acceptors (Lipinski definition) is 3. The molecule has 0 aromatic heterocycles. The van der Waals surface area contributed by atoms with Crippen molar-refractivity contribution in [2.24, 2.45) is 11.3 Å². The number of thioether (sulfide) groups is 2. The Morgan fingerprint density at radius 2 is 1.94 bits per heavy atom. The van der Waals surface area contributed by atoms with Gasteiger partial charge in [0.2, 0.25) is 0 Å². The zero-order valence-electron chi connectivity index (χ0n) is 11.2. The van der Waals surface area contributed by atoms with Crippen molar-refractivity contribution in [2.45, 2.75) is 43.8 Å². The van der Waals surface area contributed by atoms with Crippen LogP contribution in [0, 0.1) is 11.3 Å². The van der Waals surface area contributed by atoms with Gasteiger partial charge in [-0.3, -0.25) is 0 Å². The van der Waals surface area contributed by atoms with Crippen LogP contribution in [0.15, 0.2) is 12.2 Å². The summed E-state index contributed by atoms with van der Waals surface area (Å²) in [6.45, 7) is 9.09. The van der Waals surface area contributed by atoms with Crippen LogP contribution in [-0.2, 0) is 4.74 Å². The minimum atomic E-state index is 0.228. The van der Waals surface area contributed by atoms with Crippen molar-refractivity contribution in [3.63, 3.8) is 0 Å². The average Bonchev–Trinajstić information content (AvgIpc) is 2.29. The number of hydrogen-bond donors (Lipinski definition) is 0. The Morgan fingerprint density at radius 1 is 1.29 bits per heavy atom. The van der Waals surface area contributed by atoms with E-state index in [0.29, 0.717) is 16.6 Å². The number of ether oxygens (including phenoxy) is 1. The van der Waals surface area contributed by atoms with E-state index in [1.165, 1.54) is 23.5 Å². The predicted octanol–water partition coefficient (Wildman–Crippen LogP) is 4.19. The highest BCUT2D eigenvalue weighted by Gasteiger charge is 2.46. The third kappa shape index (κ3) is 2.71. The lowest BCUT2D eigenvalue weighted by molar-refractivity contribution is -0.0346. The minimum absolute atomic E-state index is 0.228. The first-order valence-corrected chi connectivity index (χ1v) is 8.60. The van der Waals surface area contributed by atoms with Gasteiger partial charge in [0, 0.05) is 13.0 Å². The molecular formula is C14H24OS2. The molecular weight excluding hydrogens is 248 g/mol. The molecule has 17 heavy (non-hydrogen) atoms. The first-order valence-electron chi connectivity index (χ1n) is 6.51. The van der Waals surface area contributed by atoms with E-state index in [1.807, 2.05) is 7.11 Å². The molecule has 1 heterocycles. The van der Waals surface area contributed by atoms with Crippen molar-refractivity contribution < 1.29 is 4.74 Å². The summed E-state index contributed by atoms with van der Waals surface area (Å²) < 4.78 is 6.41. The van der Waals surface area contributed by atoms with Gasteiger partial charge in [-0.2, -0.15) is 0 Å². The van der Waals surface area contributed by atoms with E-state index in [9.17, 15) is 0 Å². The molecule has 2 fully saturated rings. The number of rotatable bonds is 2. The van der Waals surface area contributed by atoms with Crippen LogP contribution in [0.25, 0.3) is 0 Å². The fraction of sp³-hybridized carbons (Fsp3) is 0.857. The summed E-state index contributed by atoms with van der Waals surface area (Å²) in [5, 5.41) is 0. The highest BCUT2D eigenvalue weighted by Crippen LogP contribution is 2.52. The molecule has 0 amide bonds. The van der Waals surface area contributed by atoms with Gasteiger partial charge in [0.05, 0.1) is 10.7 Å². The summed E-state index contributed by atoms with van der Waals surface area (Å²) in [4.78, 5) is 0. The highest BCUT2D eigenvalue weighted by atomic mass is 32.2. The molecule has 2 atom stereocenters. The standard InChI is InChI=1S/C14H24OS2/c1-10-6-7-11(15-4)14(2,3)12(10)13-16-8-5-9-17-13/h11-13H,1,5-9H2,2-4H3. The number of methoxy groups -OCH3 is 1. The first kappa shape index (κ1) is 13.8. The Hall–Kier alpha value is 0.400. The fourth-order valence-electron chi connectivity index (χ4n) is 3.23. The zero-order chi connectivity index (χ0) is 12.5. The van der Waals surface area contributed by atoms with E-state index in [1.54, 1.807) is 0 Å². The van der Waals surface area contributed by atoms with Crippen molar-refractivity contribution in [1.29, 1.82) is 0 Å². The molecule has 98 valence electrons. The van der Waals surface area contributed by atoms with Gasteiger partial charge in [0.1, 0.15) is 0 Å². The van der Waals surface area contributed by atoms with Crippen LogP contribution in [-0.4, -0.2) is 29.3 Å². The average molecular weight is 272 g/mol. The van der Waals surface area contributed by atoms with Crippen LogP contribution in [0.4, 0.5) is 0 Å². The molecule has 2 aliphatic rings. The third-order valence-corrected chi connectivity index (χ3v) is 7.28. The van der Waals surface area contributed by atoms with E-state index in [0.717, 1.165) is 12.8 Å². The number of allylic oxidation sites excluding steroid dienone is 1. The fourth-order valence-corrected chi connectivity index (χ4v) is 6.94. The first-order chi connectivity index (χ1) is 8.07. The Labute approximate surface area is 114 Å². The van der Waals surface area contributed by atoms with Crippen LogP contribution in [0.3, 0.4) is 0 Å². The highest BCUT2D eigenvalue weighted by molar-refractivity contribution is 8.17. The lowest BCUT2D eigenvalue weighted by atomic mass is 9.65. The van der Waals surface area contributed by atoms with Gasteiger partial charge in [0.15, 0.2) is 0 Å². The van der Waals surface area contributed by atoms with Gasteiger partial charge >= 0.3 is 0 Å². The molecule has 1 aliphatic heterocycles. The van der Waals surface area contributed by atoms with Crippen molar-refractivity contribution in [3.05, 3.63) is 12.2 Å². The lowest BCUT2D eigenvalue weighted by Crippen LogP contribution is -2.46. The molecule has 0 aromatic carbocycles. The van der Waals surface area contributed by atoms with Crippen LogP contribution in [0.5, 0.6) is 0 Å². The predicted molar refractivity (Wildman–Crippen MR) is 79.8 cm³/mol. The largest absolute Gasteiger partial charge is 0.381 e. The quantitative estimate of drug-likeness (QED) is 0.698. The van der Waals surface area contributed by atoms with Gasteiger partial charge in [-0.05, 0) is 36.2 Å². The van der Waals surface area contributed by atoms with Gasteiger partial charge < -0.3 is 4.74 Å². The molecule has 3 heteroatoms. The molecule has 1 nitrogen and oxygen atoms in total. The van der Waals surface area contributed by atoms with Crippen LogP contribution >= 0.6 is 23.5 Å². The van der Waals surface area contributed by atoms with Gasteiger partial charge in [-0.1, -0.05) is 26.0 Å². The van der Waals surface area contributed by atoms with E-state index in [2.05, 4.69) is 44.0 Å². The molecule has 0 radical (unpaired) electrons. The van der Waals surface area contributed by atoms with Crippen LogP contribution in [0.1, 0.15) is 33.1 Å². The van der Waals surface area contributed by atoms with Crippen molar-refractivity contribution in [1.82, 2.24) is 0 Å². The minimum Gasteiger partial charge on any atom is -0.381 e. The zero-order valence-corrected chi connectivity index (χ0v) is 12.8. The smallest absolute Gasteiger partial charge is 0.0631 e. The second-order valence-corrected chi connectivity index (χ2v) is 8.48. The summed E-state index contributed by atoms with van der Waals surface area (Å²) in [6, 6.07) is 0. The molecule has 1 saturated heterocycles. The Morgan fingerprint density at radius 3 is 2.53 bits per heavy atom. The molecule has 1 aliphatic carbocycles. The molecule has 0 aromatic rings. The summed E-state index contributed by atoms with van der Waals surface area (Å²) in [5.74, 6) is 3.24. The third-order valence-electron chi connectivity index (χ3n) is 4.21. The van der Waals surface area contributed by atoms with Gasteiger partial charge in [-0.15, -0.1) is 23.5 Å². The van der Waals surface area contributed by atoms with E-state index in [-0.39, 0.29) is 5.41 Å². The molecule has 2 rings (SSSR count). The molecule has 0 N–H and O–H groups in total. The van der Waals surface area contributed by atoms with E-state index < -0.39 is 0 Å². The SMILES string of the molecule is C=C1CCC(OC)C(C)(C)C1C1SCCCS1. The lowest BCUT2D eigenvalue weighted by Gasteiger charge is -2.49. The van der Waals surface area contributed by atoms with Gasteiger partial charge in [0.25, 0.3) is 0 Å². The summed E-state index contributed by atoms with van der Waals surface area (Å²) in [7, 11) is 1.86. The maximum Gasteiger partial charge on any atom is 0.0631 e. The van der Waals surface area contributed by atoms with E-state index >= 15 is 0 Å². The van der Waals surface area contributed by atoms with Crippen LogP contribution < -0.4 is 0 Å². The Balaban J connectivity index is 2.18. The van der Waals surface area contributed by atoms with Crippen molar-refractivity contribution in [2.75, 3.05) is 18.6 Å². The van der Waals surface area contributed by atoms with Crippen LogP contribution in [0.2, 0.25) is 0 Å². The topological polar surface area (TPSA) is 9.23 Å². The summed E-state index contributed by atoms with van der Waals surface area (Å²) in [6.07, 6.45) is 4.03. The molecule has 2 unspecified atom stereocenters.